The van der Waals surface area contributed by atoms with Crippen LogP contribution in [-0.4, -0.2) is 11.7 Å². The van der Waals surface area contributed by atoms with Crippen molar-refractivity contribution in [2.24, 2.45) is 5.73 Å². The van der Waals surface area contributed by atoms with Crippen LogP contribution in [0, 0.1) is 3.57 Å². The second-order valence-electron chi connectivity index (χ2n) is 2.67. The highest BCUT2D eigenvalue weighted by Gasteiger charge is 2.04. The number of hydrogen-bond donors (Lipinski definition) is 2. The van der Waals surface area contributed by atoms with Gasteiger partial charge in [-0.05, 0) is 46.7 Å². The van der Waals surface area contributed by atoms with Crippen LogP contribution in [0.25, 0.3) is 0 Å². The van der Waals surface area contributed by atoms with Gasteiger partial charge in [0.05, 0.1) is 0 Å². The van der Waals surface area contributed by atoms with Crippen LogP contribution >= 0.6 is 22.6 Å². The Morgan fingerprint density at radius 2 is 2.25 bits per heavy atom. The topological polar surface area (TPSA) is 46.2 Å². The summed E-state index contributed by atoms with van der Waals surface area (Å²) >= 11 is 2.25. The van der Waals surface area contributed by atoms with Crippen LogP contribution in [0.2, 0.25) is 0 Å². The molecule has 0 radical (unpaired) electrons. The quantitative estimate of drug-likeness (QED) is 0.826. The highest BCUT2D eigenvalue weighted by Crippen LogP contribution is 2.15. The molecular formula is C9H12INO. The molecular weight excluding hydrogens is 265 g/mol. The molecule has 0 saturated heterocycles. The largest absolute Gasteiger partial charge is 0.396 e. The zero-order valence-corrected chi connectivity index (χ0v) is 8.86. The van der Waals surface area contributed by atoms with Crippen molar-refractivity contribution >= 4 is 22.6 Å². The summed E-state index contributed by atoms with van der Waals surface area (Å²) in [5.74, 6) is 0. The summed E-state index contributed by atoms with van der Waals surface area (Å²) in [4.78, 5) is 0. The maximum atomic E-state index is 8.69. The van der Waals surface area contributed by atoms with Gasteiger partial charge in [-0.1, -0.05) is 12.1 Å². The number of nitrogens with two attached hydrogens (primary N) is 1. The van der Waals surface area contributed by atoms with Gasteiger partial charge in [-0.15, -0.1) is 0 Å². The maximum absolute atomic E-state index is 8.69. The van der Waals surface area contributed by atoms with E-state index in [1.165, 1.54) is 3.57 Å². The standard InChI is InChI=1S/C9H12INO/c10-8-3-1-2-7(6-8)9(11)4-5-12/h1-3,6,9,12H,4-5,11H2. The summed E-state index contributed by atoms with van der Waals surface area (Å²) < 4.78 is 1.18. The SMILES string of the molecule is NC(CCO)c1cccc(I)c1. The summed E-state index contributed by atoms with van der Waals surface area (Å²) in [5.41, 5.74) is 6.90. The van der Waals surface area contributed by atoms with Gasteiger partial charge in [-0.25, -0.2) is 0 Å². The second kappa shape index (κ2) is 4.79. The molecule has 2 nitrogen and oxygen atoms in total. The summed E-state index contributed by atoms with van der Waals surface area (Å²) in [6.07, 6.45) is 0.625. The van der Waals surface area contributed by atoms with Crippen LogP contribution in [0.1, 0.15) is 18.0 Å². The first-order valence-corrected chi connectivity index (χ1v) is 4.94. The van der Waals surface area contributed by atoms with Gasteiger partial charge in [0.1, 0.15) is 0 Å². The van der Waals surface area contributed by atoms with Gasteiger partial charge in [0.15, 0.2) is 0 Å². The lowest BCUT2D eigenvalue weighted by Gasteiger charge is -2.09. The molecule has 1 rings (SSSR count). The smallest absolute Gasteiger partial charge is 0.0449 e. The van der Waals surface area contributed by atoms with Gasteiger partial charge in [0.2, 0.25) is 0 Å². The van der Waals surface area contributed by atoms with Crippen LogP contribution in [0.15, 0.2) is 24.3 Å². The summed E-state index contributed by atoms with van der Waals surface area (Å²) in [6.45, 7) is 0.145. The van der Waals surface area contributed by atoms with Crippen molar-refractivity contribution in [3.63, 3.8) is 0 Å². The van der Waals surface area contributed by atoms with Gasteiger partial charge in [0, 0.05) is 16.2 Å². The number of hydrogen-bond acceptors (Lipinski definition) is 2. The Morgan fingerprint density at radius 1 is 1.50 bits per heavy atom. The number of rotatable bonds is 3. The minimum atomic E-state index is -0.0373. The van der Waals surface area contributed by atoms with E-state index in [1.807, 2.05) is 24.3 Å². The molecule has 0 bridgehead atoms. The number of aliphatic hydroxyl groups excluding tert-OH is 1. The number of halogens is 1. The Labute approximate surface area is 85.9 Å². The van der Waals surface area contributed by atoms with E-state index in [1.54, 1.807) is 0 Å². The van der Waals surface area contributed by atoms with Crippen LogP contribution in [0.3, 0.4) is 0 Å². The predicted molar refractivity (Wildman–Crippen MR) is 57.8 cm³/mol. The Morgan fingerprint density at radius 3 is 2.83 bits per heavy atom. The molecule has 0 saturated carbocycles. The molecule has 0 aliphatic rings. The van der Waals surface area contributed by atoms with Crippen molar-refractivity contribution in [2.75, 3.05) is 6.61 Å². The molecule has 3 heteroatoms. The molecule has 66 valence electrons. The first-order valence-electron chi connectivity index (χ1n) is 3.86. The minimum Gasteiger partial charge on any atom is -0.396 e. The molecule has 0 aromatic heterocycles. The van der Waals surface area contributed by atoms with Gasteiger partial charge >= 0.3 is 0 Å². The van der Waals surface area contributed by atoms with E-state index in [-0.39, 0.29) is 12.6 Å². The molecule has 1 atom stereocenters. The third kappa shape index (κ3) is 2.73. The van der Waals surface area contributed by atoms with Crippen molar-refractivity contribution in [3.05, 3.63) is 33.4 Å². The molecule has 3 N–H and O–H groups in total. The van der Waals surface area contributed by atoms with E-state index in [9.17, 15) is 0 Å². The minimum absolute atomic E-state index is 0.0373. The fourth-order valence-electron chi connectivity index (χ4n) is 1.04. The molecule has 0 spiro atoms. The first kappa shape index (κ1) is 9.95. The zero-order chi connectivity index (χ0) is 8.97. The van der Waals surface area contributed by atoms with Crippen LogP contribution in [0.5, 0.6) is 0 Å². The van der Waals surface area contributed by atoms with E-state index < -0.39 is 0 Å². The number of aliphatic hydroxyl groups is 1. The average molecular weight is 277 g/mol. The summed E-state index contributed by atoms with van der Waals surface area (Å²) in [7, 11) is 0. The highest BCUT2D eigenvalue weighted by atomic mass is 127. The van der Waals surface area contributed by atoms with E-state index >= 15 is 0 Å². The van der Waals surface area contributed by atoms with Gasteiger partial charge in [-0.2, -0.15) is 0 Å². The van der Waals surface area contributed by atoms with E-state index in [0.29, 0.717) is 6.42 Å². The molecule has 0 aliphatic carbocycles. The molecule has 1 aromatic rings. The van der Waals surface area contributed by atoms with E-state index in [0.717, 1.165) is 5.56 Å². The van der Waals surface area contributed by atoms with Crippen molar-refractivity contribution in [3.8, 4) is 0 Å². The Bertz CT molecular complexity index is 252. The molecule has 1 unspecified atom stereocenters. The van der Waals surface area contributed by atoms with Gasteiger partial charge < -0.3 is 10.8 Å². The van der Waals surface area contributed by atoms with E-state index in [4.69, 9.17) is 10.8 Å². The van der Waals surface area contributed by atoms with Crippen LogP contribution < -0.4 is 5.73 Å². The molecule has 0 aliphatic heterocycles. The van der Waals surface area contributed by atoms with Crippen molar-refractivity contribution in [2.45, 2.75) is 12.5 Å². The zero-order valence-electron chi connectivity index (χ0n) is 6.70. The van der Waals surface area contributed by atoms with Gasteiger partial charge in [-0.3, -0.25) is 0 Å². The van der Waals surface area contributed by atoms with Crippen molar-refractivity contribution in [1.82, 2.24) is 0 Å². The van der Waals surface area contributed by atoms with Crippen LogP contribution in [0.4, 0.5) is 0 Å². The van der Waals surface area contributed by atoms with E-state index in [2.05, 4.69) is 22.6 Å². The summed E-state index contributed by atoms with van der Waals surface area (Å²) in [6, 6.07) is 8.00. The first-order chi connectivity index (χ1) is 5.74. The fraction of sp³-hybridized carbons (Fsp3) is 0.333. The predicted octanol–water partition coefficient (Wildman–Crippen LogP) is 1.67. The Kier molecular flexibility index (Phi) is 3.97. The molecule has 0 heterocycles. The lowest BCUT2D eigenvalue weighted by Crippen LogP contribution is -2.11. The Balaban J connectivity index is 2.73. The van der Waals surface area contributed by atoms with Crippen LogP contribution in [-0.2, 0) is 0 Å². The van der Waals surface area contributed by atoms with Gasteiger partial charge in [0.25, 0.3) is 0 Å². The molecule has 0 amide bonds. The fourth-order valence-corrected chi connectivity index (χ4v) is 1.61. The third-order valence-corrected chi connectivity index (χ3v) is 2.39. The van der Waals surface area contributed by atoms with Crippen molar-refractivity contribution in [1.29, 1.82) is 0 Å². The van der Waals surface area contributed by atoms with Crippen molar-refractivity contribution < 1.29 is 5.11 Å². The monoisotopic (exact) mass is 277 g/mol. The summed E-state index contributed by atoms with van der Waals surface area (Å²) in [5, 5.41) is 8.69. The lowest BCUT2D eigenvalue weighted by molar-refractivity contribution is 0.276. The third-order valence-electron chi connectivity index (χ3n) is 1.72. The highest BCUT2D eigenvalue weighted by molar-refractivity contribution is 14.1. The average Bonchev–Trinajstić information content (AvgIpc) is 2.05. The normalized spacial score (nSPS) is 12.9. The maximum Gasteiger partial charge on any atom is 0.0449 e. The second-order valence-corrected chi connectivity index (χ2v) is 3.92. The molecule has 1 aromatic carbocycles. The lowest BCUT2D eigenvalue weighted by atomic mass is 10.1. The molecule has 12 heavy (non-hydrogen) atoms. The molecule has 0 fully saturated rings. The number of benzene rings is 1. The Hall–Kier alpha value is -0.130.